The van der Waals surface area contributed by atoms with Gasteiger partial charge in [0, 0.05) is 18.5 Å². The lowest BCUT2D eigenvalue weighted by molar-refractivity contribution is -0.121. The van der Waals surface area contributed by atoms with Gasteiger partial charge in [0.05, 0.1) is 13.2 Å². The Morgan fingerprint density at radius 3 is 2.50 bits per heavy atom. The van der Waals surface area contributed by atoms with Crippen molar-refractivity contribution in [3.05, 3.63) is 70.2 Å². The molecule has 3 rings (SSSR count). The summed E-state index contributed by atoms with van der Waals surface area (Å²) in [5.74, 6) is 0.403. The number of benzene rings is 2. The number of ether oxygens (including phenoxy) is 1. The maximum Gasteiger partial charge on any atom is 0.286 e. The van der Waals surface area contributed by atoms with Gasteiger partial charge in [-0.2, -0.15) is 0 Å². The van der Waals surface area contributed by atoms with Gasteiger partial charge in [-0.05, 0) is 43.2 Å². The van der Waals surface area contributed by atoms with Crippen molar-refractivity contribution < 1.29 is 14.3 Å². The van der Waals surface area contributed by atoms with Gasteiger partial charge < -0.3 is 15.4 Å². The third-order valence-electron chi connectivity index (χ3n) is 4.48. The number of methoxy groups -OCH3 is 1. The normalized spacial score (nSPS) is 11.5. The zero-order chi connectivity index (χ0) is 21.3. The molecule has 0 aliphatic heterocycles. The number of nitrogens with one attached hydrogen (secondary N) is 2. The molecule has 156 valence electrons. The molecule has 2 N–H and O–H groups in total. The van der Waals surface area contributed by atoms with Gasteiger partial charge in [-0.25, -0.2) is 0 Å². The molecule has 2 amide bonds. The minimum atomic E-state index is -0.307. The largest absolute Gasteiger partial charge is 0.497 e. The van der Waals surface area contributed by atoms with Gasteiger partial charge in [0.1, 0.15) is 10.8 Å². The number of aromatic nitrogens is 2. The van der Waals surface area contributed by atoms with Gasteiger partial charge in [0.2, 0.25) is 10.9 Å². The fourth-order valence-corrected chi connectivity index (χ4v) is 3.62. The Kier molecular flexibility index (Phi) is 7.51. The minimum absolute atomic E-state index is 0.00617. The van der Waals surface area contributed by atoms with Crippen LogP contribution in [0.4, 0.5) is 5.69 Å². The summed E-state index contributed by atoms with van der Waals surface area (Å²) in [6.07, 6.45) is 1.63. The van der Waals surface area contributed by atoms with Crippen LogP contribution in [-0.4, -0.2) is 29.1 Å². The van der Waals surface area contributed by atoms with Crippen LogP contribution < -0.4 is 15.4 Å². The van der Waals surface area contributed by atoms with Crippen LogP contribution in [0.2, 0.25) is 0 Å². The molecule has 0 fully saturated rings. The molecule has 0 saturated heterocycles. The van der Waals surface area contributed by atoms with E-state index in [1.54, 1.807) is 31.4 Å². The van der Waals surface area contributed by atoms with Crippen LogP contribution in [0.1, 0.15) is 46.2 Å². The molecule has 0 saturated carbocycles. The van der Waals surface area contributed by atoms with E-state index in [1.165, 1.54) is 11.3 Å². The van der Waals surface area contributed by atoms with E-state index in [0.717, 1.165) is 10.6 Å². The number of nitrogens with zero attached hydrogens (tertiary/aromatic N) is 2. The second-order valence-electron chi connectivity index (χ2n) is 6.74. The van der Waals surface area contributed by atoms with E-state index in [9.17, 15) is 9.59 Å². The van der Waals surface area contributed by atoms with E-state index in [0.29, 0.717) is 35.7 Å². The first-order chi connectivity index (χ1) is 14.5. The van der Waals surface area contributed by atoms with Gasteiger partial charge in [-0.3, -0.25) is 9.59 Å². The molecule has 0 bridgehead atoms. The number of anilines is 1. The summed E-state index contributed by atoms with van der Waals surface area (Å²) in [6, 6.07) is 16.9. The van der Waals surface area contributed by atoms with Crippen LogP contribution in [0.5, 0.6) is 5.75 Å². The summed E-state index contributed by atoms with van der Waals surface area (Å²) < 4.78 is 5.10. The minimum Gasteiger partial charge on any atom is -0.497 e. The summed E-state index contributed by atoms with van der Waals surface area (Å²) in [5.41, 5.74) is 1.73. The Labute approximate surface area is 179 Å². The van der Waals surface area contributed by atoms with Crippen molar-refractivity contribution in [2.75, 3.05) is 12.4 Å². The molecule has 7 nitrogen and oxygen atoms in total. The molecule has 2 aromatic carbocycles. The third kappa shape index (κ3) is 6.12. The van der Waals surface area contributed by atoms with Gasteiger partial charge in [-0.1, -0.05) is 41.7 Å². The number of carbonyl (C=O) groups excluding carboxylic acids is 2. The van der Waals surface area contributed by atoms with Gasteiger partial charge >= 0.3 is 0 Å². The highest BCUT2D eigenvalue weighted by molar-refractivity contribution is 7.13. The fourth-order valence-electron chi connectivity index (χ4n) is 2.84. The average Bonchev–Trinajstić information content (AvgIpc) is 3.24. The molecule has 0 aliphatic carbocycles. The maximum atomic E-state index is 12.3. The Bertz CT molecular complexity index is 974. The van der Waals surface area contributed by atoms with Crippen LogP contribution in [-0.2, 0) is 11.2 Å². The van der Waals surface area contributed by atoms with Crippen molar-refractivity contribution in [1.29, 1.82) is 0 Å². The molecular formula is C22H24N4O3S. The predicted octanol–water partition coefficient (Wildman–Crippen LogP) is 4.00. The molecule has 1 heterocycles. The average molecular weight is 425 g/mol. The van der Waals surface area contributed by atoms with E-state index in [4.69, 9.17) is 4.74 Å². The summed E-state index contributed by atoms with van der Waals surface area (Å²) in [4.78, 5) is 24.5. The number of aryl methyl sites for hydroxylation is 1. The Morgan fingerprint density at radius 1 is 1.07 bits per heavy atom. The van der Waals surface area contributed by atoms with E-state index < -0.39 is 0 Å². The van der Waals surface area contributed by atoms with Gasteiger partial charge in [0.15, 0.2) is 0 Å². The molecule has 0 aliphatic rings. The molecule has 1 atom stereocenters. The highest BCUT2D eigenvalue weighted by atomic mass is 32.1. The standard InChI is InChI=1S/C22H24N4O3S/c1-15(16-7-4-3-5-8-16)23-19(27)9-6-10-20-25-26-22(30-20)21(28)24-17-11-13-18(29-2)14-12-17/h3-5,7-8,11-15H,6,9-10H2,1-2H3,(H,23,27)(H,24,28). The third-order valence-corrected chi connectivity index (χ3v) is 5.46. The molecule has 1 aromatic heterocycles. The molecule has 1 unspecified atom stereocenters. The zero-order valence-corrected chi connectivity index (χ0v) is 17.7. The monoisotopic (exact) mass is 424 g/mol. The second kappa shape index (κ2) is 10.5. The molecule has 0 spiro atoms. The molecule has 0 radical (unpaired) electrons. The number of rotatable bonds is 9. The first-order valence-corrected chi connectivity index (χ1v) is 10.5. The lowest BCUT2D eigenvalue weighted by Gasteiger charge is -2.14. The Hall–Kier alpha value is -3.26. The van der Waals surface area contributed by atoms with Crippen molar-refractivity contribution in [3.63, 3.8) is 0 Å². The number of hydrogen-bond donors (Lipinski definition) is 2. The highest BCUT2D eigenvalue weighted by Crippen LogP contribution is 2.18. The van der Waals surface area contributed by atoms with Crippen molar-refractivity contribution in [2.24, 2.45) is 0 Å². The summed E-state index contributed by atoms with van der Waals surface area (Å²) in [6.45, 7) is 1.96. The fraction of sp³-hybridized carbons (Fsp3) is 0.273. The van der Waals surface area contributed by atoms with E-state index in [1.807, 2.05) is 37.3 Å². The quantitative estimate of drug-likeness (QED) is 0.542. The first kappa shape index (κ1) is 21.4. The van der Waals surface area contributed by atoms with Crippen molar-refractivity contribution in [3.8, 4) is 5.75 Å². The van der Waals surface area contributed by atoms with Crippen molar-refractivity contribution in [2.45, 2.75) is 32.2 Å². The lowest BCUT2D eigenvalue weighted by Crippen LogP contribution is -2.26. The predicted molar refractivity (Wildman–Crippen MR) is 117 cm³/mol. The van der Waals surface area contributed by atoms with Crippen LogP contribution in [0, 0.1) is 0 Å². The number of amides is 2. The molecule has 30 heavy (non-hydrogen) atoms. The Balaban J connectivity index is 1.43. The topological polar surface area (TPSA) is 93.2 Å². The summed E-state index contributed by atoms with van der Waals surface area (Å²) in [7, 11) is 1.59. The van der Waals surface area contributed by atoms with Crippen LogP contribution in [0.3, 0.4) is 0 Å². The molecule has 8 heteroatoms. The zero-order valence-electron chi connectivity index (χ0n) is 16.9. The van der Waals surface area contributed by atoms with Gasteiger partial charge in [-0.15, -0.1) is 10.2 Å². The van der Waals surface area contributed by atoms with Crippen LogP contribution in [0.15, 0.2) is 54.6 Å². The van der Waals surface area contributed by atoms with Crippen LogP contribution >= 0.6 is 11.3 Å². The number of hydrogen-bond acceptors (Lipinski definition) is 6. The first-order valence-electron chi connectivity index (χ1n) is 9.67. The van der Waals surface area contributed by atoms with Crippen LogP contribution in [0.25, 0.3) is 0 Å². The summed E-state index contributed by atoms with van der Waals surface area (Å²) >= 11 is 1.24. The smallest absolute Gasteiger partial charge is 0.286 e. The molecular weight excluding hydrogens is 400 g/mol. The Morgan fingerprint density at radius 2 is 1.80 bits per heavy atom. The van der Waals surface area contributed by atoms with Crippen molar-refractivity contribution in [1.82, 2.24) is 15.5 Å². The lowest BCUT2D eigenvalue weighted by atomic mass is 10.1. The van der Waals surface area contributed by atoms with E-state index >= 15 is 0 Å². The maximum absolute atomic E-state index is 12.3. The summed E-state index contributed by atoms with van der Waals surface area (Å²) in [5, 5.41) is 14.8. The SMILES string of the molecule is COc1ccc(NC(=O)c2nnc(CCCC(=O)NC(C)c3ccccc3)s2)cc1. The van der Waals surface area contributed by atoms with Crippen molar-refractivity contribution >= 4 is 28.8 Å². The van der Waals surface area contributed by atoms with E-state index in [2.05, 4.69) is 20.8 Å². The highest BCUT2D eigenvalue weighted by Gasteiger charge is 2.14. The number of carbonyl (C=O) groups is 2. The molecule has 3 aromatic rings. The van der Waals surface area contributed by atoms with E-state index in [-0.39, 0.29) is 17.9 Å². The van der Waals surface area contributed by atoms with Gasteiger partial charge in [0.25, 0.3) is 5.91 Å². The second-order valence-corrected chi connectivity index (χ2v) is 7.80.